The molecule has 0 spiro atoms. The van der Waals surface area contributed by atoms with Gasteiger partial charge < -0.3 is 19.5 Å². The standard InChI is InChI=1S/C18H20N2O4S/c1-23-16-6-12(2-5-15(16)24-7-14-8-25-11-19-14)17(21)20-9-18(22,10-20)13-3-4-13/h2,5-6,8,11,13,22H,3-4,7,9-10H2,1H3. The summed E-state index contributed by atoms with van der Waals surface area (Å²) in [5.74, 6) is 1.37. The van der Waals surface area contributed by atoms with Gasteiger partial charge in [-0.2, -0.15) is 0 Å². The molecule has 1 aliphatic heterocycles. The highest BCUT2D eigenvalue weighted by molar-refractivity contribution is 7.07. The summed E-state index contributed by atoms with van der Waals surface area (Å²) in [5.41, 5.74) is 2.48. The van der Waals surface area contributed by atoms with Gasteiger partial charge in [-0.25, -0.2) is 4.98 Å². The number of methoxy groups -OCH3 is 1. The Balaban J connectivity index is 1.43. The first kappa shape index (κ1) is 16.4. The fourth-order valence-electron chi connectivity index (χ4n) is 3.20. The number of aliphatic hydroxyl groups is 1. The molecule has 0 unspecified atom stereocenters. The predicted octanol–water partition coefficient (Wildman–Crippen LogP) is 2.33. The number of hydrogen-bond acceptors (Lipinski definition) is 6. The Morgan fingerprint density at radius 3 is 2.84 bits per heavy atom. The molecule has 6 nitrogen and oxygen atoms in total. The summed E-state index contributed by atoms with van der Waals surface area (Å²) in [6.45, 7) is 1.19. The normalized spacial score (nSPS) is 18.6. The molecule has 25 heavy (non-hydrogen) atoms. The van der Waals surface area contributed by atoms with Crippen molar-refractivity contribution in [1.29, 1.82) is 0 Å². The van der Waals surface area contributed by atoms with Crippen molar-refractivity contribution in [2.45, 2.75) is 25.0 Å². The van der Waals surface area contributed by atoms with Crippen molar-refractivity contribution in [3.63, 3.8) is 0 Å². The van der Waals surface area contributed by atoms with E-state index in [0.29, 0.717) is 42.7 Å². The number of likely N-dealkylation sites (tertiary alicyclic amines) is 1. The van der Waals surface area contributed by atoms with Crippen LogP contribution in [-0.2, 0) is 6.61 Å². The van der Waals surface area contributed by atoms with Gasteiger partial charge in [0, 0.05) is 10.9 Å². The van der Waals surface area contributed by atoms with E-state index >= 15 is 0 Å². The summed E-state index contributed by atoms with van der Waals surface area (Å²) in [6, 6.07) is 5.16. The van der Waals surface area contributed by atoms with E-state index in [0.717, 1.165) is 18.5 Å². The third-order valence-electron chi connectivity index (χ3n) is 4.82. The first-order chi connectivity index (χ1) is 12.1. The van der Waals surface area contributed by atoms with Crippen molar-refractivity contribution in [2.24, 2.45) is 5.92 Å². The molecule has 1 aromatic heterocycles. The maximum absolute atomic E-state index is 12.6. The van der Waals surface area contributed by atoms with Crippen LogP contribution in [0.3, 0.4) is 0 Å². The van der Waals surface area contributed by atoms with Crippen LogP contribution in [0, 0.1) is 5.92 Å². The zero-order valence-corrected chi connectivity index (χ0v) is 14.8. The number of benzene rings is 1. The molecule has 1 amide bonds. The smallest absolute Gasteiger partial charge is 0.254 e. The second-order valence-electron chi connectivity index (χ2n) is 6.67. The van der Waals surface area contributed by atoms with Gasteiger partial charge in [0.05, 0.1) is 31.4 Å². The number of nitrogens with zero attached hydrogens (tertiary/aromatic N) is 2. The monoisotopic (exact) mass is 360 g/mol. The molecule has 0 bridgehead atoms. The van der Waals surface area contributed by atoms with Crippen LogP contribution in [0.5, 0.6) is 11.5 Å². The molecule has 1 saturated carbocycles. The zero-order chi connectivity index (χ0) is 17.4. The van der Waals surface area contributed by atoms with Gasteiger partial charge in [-0.3, -0.25) is 4.79 Å². The second kappa shape index (κ2) is 6.31. The van der Waals surface area contributed by atoms with Crippen LogP contribution in [0.15, 0.2) is 29.1 Å². The first-order valence-electron chi connectivity index (χ1n) is 8.28. The molecular weight excluding hydrogens is 340 g/mol. The molecule has 2 fully saturated rings. The SMILES string of the molecule is COc1cc(C(=O)N2CC(O)(C3CC3)C2)ccc1OCc1cscn1. The highest BCUT2D eigenvalue weighted by atomic mass is 32.1. The van der Waals surface area contributed by atoms with Gasteiger partial charge in [0.2, 0.25) is 0 Å². The number of hydrogen-bond donors (Lipinski definition) is 1. The average molecular weight is 360 g/mol. The van der Waals surface area contributed by atoms with E-state index < -0.39 is 5.60 Å². The minimum absolute atomic E-state index is 0.0883. The molecule has 2 aliphatic rings. The number of aromatic nitrogens is 1. The van der Waals surface area contributed by atoms with Crippen LogP contribution >= 0.6 is 11.3 Å². The van der Waals surface area contributed by atoms with Crippen molar-refractivity contribution in [3.8, 4) is 11.5 Å². The van der Waals surface area contributed by atoms with E-state index in [1.54, 1.807) is 35.7 Å². The lowest BCUT2D eigenvalue weighted by molar-refractivity contribution is -0.0958. The molecule has 4 rings (SSSR count). The predicted molar refractivity (Wildman–Crippen MR) is 93.0 cm³/mol. The molecular formula is C18H20N2O4S. The van der Waals surface area contributed by atoms with Gasteiger partial charge in [0.1, 0.15) is 12.2 Å². The summed E-state index contributed by atoms with van der Waals surface area (Å²) >= 11 is 1.52. The van der Waals surface area contributed by atoms with Crippen molar-refractivity contribution >= 4 is 17.2 Å². The minimum atomic E-state index is -0.670. The average Bonchev–Trinajstić information content (AvgIpc) is 3.33. The molecule has 1 saturated heterocycles. The lowest BCUT2D eigenvalue weighted by Crippen LogP contribution is -2.64. The Morgan fingerprint density at radius 1 is 1.40 bits per heavy atom. The number of thiazole rings is 1. The first-order valence-corrected chi connectivity index (χ1v) is 9.23. The quantitative estimate of drug-likeness (QED) is 0.856. The Kier molecular flexibility index (Phi) is 4.13. The summed E-state index contributed by atoms with van der Waals surface area (Å²) in [5, 5.41) is 12.3. The lowest BCUT2D eigenvalue weighted by atomic mass is 9.88. The fourth-order valence-corrected chi connectivity index (χ4v) is 3.74. The Bertz CT molecular complexity index is 767. The van der Waals surface area contributed by atoms with Gasteiger partial charge >= 0.3 is 0 Å². The van der Waals surface area contributed by atoms with E-state index in [9.17, 15) is 9.90 Å². The molecule has 1 N–H and O–H groups in total. The van der Waals surface area contributed by atoms with E-state index in [2.05, 4.69) is 4.98 Å². The van der Waals surface area contributed by atoms with Crippen molar-refractivity contribution in [1.82, 2.24) is 9.88 Å². The number of rotatable bonds is 6. The van der Waals surface area contributed by atoms with Crippen molar-refractivity contribution < 1.29 is 19.4 Å². The highest BCUT2D eigenvalue weighted by Crippen LogP contribution is 2.45. The topological polar surface area (TPSA) is 71.9 Å². The number of ether oxygens (including phenoxy) is 2. The maximum atomic E-state index is 12.6. The van der Waals surface area contributed by atoms with Crippen molar-refractivity contribution in [3.05, 3.63) is 40.3 Å². The van der Waals surface area contributed by atoms with Gasteiger partial charge in [-0.1, -0.05) is 0 Å². The Hall–Kier alpha value is -2.12. The van der Waals surface area contributed by atoms with E-state index in [1.807, 2.05) is 5.38 Å². The second-order valence-corrected chi connectivity index (χ2v) is 7.39. The summed E-state index contributed by atoms with van der Waals surface area (Å²) < 4.78 is 11.1. The molecule has 1 aromatic carbocycles. The maximum Gasteiger partial charge on any atom is 0.254 e. The molecule has 132 valence electrons. The third kappa shape index (κ3) is 3.21. The van der Waals surface area contributed by atoms with E-state index in [1.165, 1.54) is 11.3 Å². The van der Waals surface area contributed by atoms with Crippen LogP contribution < -0.4 is 9.47 Å². The number of amides is 1. The highest BCUT2D eigenvalue weighted by Gasteiger charge is 2.53. The largest absolute Gasteiger partial charge is 0.493 e. The summed E-state index contributed by atoms with van der Waals surface area (Å²) in [7, 11) is 1.55. The third-order valence-corrected chi connectivity index (χ3v) is 5.46. The Morgan fingerprint density at radius 2 is 2.20 bits per heavy atom. The Labute approximate surface area is 150 Å². The van der Waals surface area contributed by atoms with E-state index in [4.69, 9.17) is 9.47 Å². The van der Waals surface area contributed by atoms with Crippen LogP contribution in [0.2, 0.25) is 0 Å². The van der Waals surface area contributed by atoms with Gasteiger partial charge in [-0.15, -0.1) is 11.3 Å². The van der Waals surface area contributed by atoms with Gasteiger partial charge in [0.15, 0.2) is 11.5 Å². The van der Waals surface area contributed by atoms with Crippen LogP contribution in [0.1, 0.15) is 28.9 Å². The lowest BCUT2D eigenvalue weighted by Gasteiger charge is -2.47. The number of carbonyl (C=O) groups excluding carboxylic acids is 1. The van der Waals surface area contributed by atoms with Gasteiger partial charge in [-0.05, 0) is 37.0 Å². The number of β-amino-alcohol motifs (C(OH)–C–C–N with tert-alkyl or cyclic N) is 1. The van der Waals surface area contributed by atoms with Gasteiger partial charge in [0.25, 0.3) is 5.91 Å². The fraction of sp³-hybridized carbons (Fsp3) is 0.444. The van der Waals surface area contributed by atoms with Crippen molar-refractivity contribution in [2.75, 3.05) is 20.2 Å². The molecule has 1 aliphatic carbocycles. The molecule has 0 radical (unpaired) electrons. The summed E-state index contributed by atoms with van der Waals surface area (Å²) in [4.78, 5) is 18.5. The van der Waals surface area contributed by atoms with Crippen LogP contribution in [0.25, 0.3) is 0 Å². The molecule has 2 aromatic rings. The summed E-state index contributed by atoms with van der Waals surface area (Å²) in [6.07, 6.45) is 2.13. The zero-order valence-electron chi connectivity index (χ0n) is 14.0. The number of carbonyl (C=O) groups is 1. The molecule has 2 heterocycles. The molecule has 7 heteroatoms. The minimum Gasteiger partial charge on any atom is -0.493 e. The van der Waals surface area contributed by atoms with Crippen LogP contribution in [0.4, 0.5) is 0 Å². The van der Waals surface area contributed by atoms with E-state index in [-0.39, 0.29) is 5.91 Å². The molecule has 0 atom stereocenters. The van der Waals surface area contributed by atoms with Crippen LogP contribution in [-0.4, -0.2) is 46.7 Å².